The zero-order valence-electron chi connectivity index (χ0n) is 14.0. The van der Waals surface area contributed by atoms with Crippen LogP contribution in [0.1, 0.15) is 12.0 Å². The maximum absolute atomic E-state index is 14.5. The highest BCUT2D eigenvalue weighted by Gasteiger charge is 2.50. The number of nitriles is 1. The number of rotatable bonds is 3. The van der Waals surface area contributed by atoms with Crippen LogP contribution in [0.3, 0.4) is 0 Å². The number of hydrogen-bond acceptors (Lipinski definition) is 6. The van der Waals surface area contributed by atoms with Gasteiger partial charge < -0.3 is 15.3 Å². The van der Waals surface area contributed by atoms with E-state index in [9.17, 15) is 13.9 Å². The molecule has 0 radical (unpaired) electrons. The van der Waals surface area contributed by atoms with Crippen molar-refractivity contribution in [2.75, 3.05) is 18.5 Å². The quantitative estimate of drug-likeness (QED) is 0.874. The minimum Gasteiger partial charge on any atom is -0.507 e. The number of phenolic OH excluding ortho intramolecular Hbond substituents is 1. The van der Waals surface area contributed by atoms with E-state index in [-0.39, 0.29) is 40.6 Å². The molecule has 0 spiro atoms. The second kappa shape index (κ2) is 6.18. The van der Waals surface area contributed by atoms with Crippen molar-refractivity contribution in [3.05, 3.63) is 35.9 Å². The number of nitrogens with one attached hydrogen (secondary N) is 1. The van der Waals surface area contributed by atoms with Crippen LogP contribution in [0.25, 0.3) is 11.3 Å². The van der Waals surface area contributed by atoms with Crippen LogP contribution in [0.15, 0.2) is 24.5 Å². The normalized spacial score (nSPS) is 26.7. The number of anilines is 1. The smallest absolute Gasteiger partial charge is 0.147 e. The van der Waals surface area contributed by atoms with E-state index in [4.69, 9.17) is 5.26 Å². The van der Waals surface area contributed by atoms with Crippen molar-refractivity contribution in [2.24, 2.45) is 5.92 Å². The van der Waals surface area contributed by atoms with Crippen LogP contribution < -0.4 is 10.2 Å². The third-order valence-corrected chi connectivity index (χ3v) is 5.32. The Kier molecular flexibility index (Phi) is 3.96. The number of aromatic nitrogens is 2. The average Bonchev–Trinajstić information content (AvgIpc) is 3.24. The first-order chi connectivity index (χ1) is 12.5. The van der Waals surface area contributed by atoms with E-state index in [1.165, 1.54) is 12.4 Å². The molecule has 1 saturated heterocycles. The largest absolute Gasteiger partial charge is 0.507 e. The Morgan fingerprint density at radius 1 is 1.35 bits per heavy atom. The van der Waals surface area contributed by atoms with E-state index in [0.29, 0.717) is 5.82 Å². The number of aromatic hydroxyl groups is 1. The van der Waals surface area contributed by atoms with Crippen molar-refractivity contribution in [3.63, 3.8) is 0 Å². The minimum absolute atomic E-state index is 0.0988. The second-order valence-corrected chi connectivity index (χ2v) is 6.78. The number of nitrogens with zero attached hydrogens (tertiary/aromatic N) is 4. The fourth-order valence-corrected chi connectivity index (χ4v) is 3.97. The van der Waals surface area contributed by atoms with E-state index in [2.05, 4.69) is 15.3 Å². The van der Waals surface area contributed by atoms with Gasteiger partial charge in [0.25, 0.3) is 0 Å². The molecule has 1 aromatic carbocycles. The summed E-state index contributed by atoms with van der Waals surface area (Å²) in [6.07, 6.45) is 2.75. The highest BCUT2D eigenvalue weighted by molar-refractivity contribution is 5.68. The van der Waals surface area contributed by atoms with Crippen molar-refractivity contribution in [2.45, 2.75) is 24.7 Å². The molecule has 1 saturated carbocycles. The van der Waals surface area contributed by atoms with Gasteiger partial charge in [-0.2, -0.15) is 5.26 Å². The van der Waals surface area contributed by atoms with Crippen molar-refractivity contribution >= 4 is 5.82 Å². The summed E-state index contributed by atoms with van der Waals surface area (Å²) < 4.78 is 28.3. The maximum atomic E-state index is 14.5. The highest BCUT2D eigenvalue weighted by atomic mass is 19.1. The third-order valence-electron chi connectivity index (χ3n) is 5.32. The third kappa shape index (κ3) is 2.56. The predicted octanol–water partition coefficient (Wildman–Crippen LogP) is 1.99. The van der Waals surface area contributed by atoms with Gasteiger partial charge in [0.1, 0.15) is 29.6 Å². The lowest BCUT2D eigenvalue weighted by molar-refractivity contribution is 0.220. The Bertz CT molecular complexity index is 880. The van der Waals surface area contributed by atoms with E-state index < -0.39 is 12.0 Å². The Balaban J connectivity index is 1.60. The van der Waals surface area contributed by atoms with Gasteiger partial charge in [-0.05, 0) is 18.4 Å². The summed E-state index contributed by atoms with van der Waals surface area (Å²) in [6.45, 7) is 0.796. The summed E-state index contributed by atoms with van der Waals surface area (Å²) >= 11 is 0. The molecule has 2 aromatic rings. The molecule has 26 heavy (non-hydrogen) atoms. The molecule has 1 aliphatic heterocycles. The fraction of sp³-hybridized carbons (Fsp3) is 0.389. The zero-order chi connectivity index (χ0) is 18.4. The lowest BCUT2D eigenvalue weighted by Gasteiger charge is -2.34. The van der Waals surface area contributed by atoms with E-state index >= 15 is 0 Å². The molecule has 6 nitrogen and oxygen atoms in total. The molecule has 4 atom stereocenters. The van der Waals surface area contributed by atoms with Crippen LogP contribution >= 0.6 is 0 Å². The molecule has 2 bridgehead atoms. The summed E-state index contributed by atoms with van der Waals surface area (Å²) in [5.74, 6) is -0.236. The molecular weight excluding hydrogens is 340 g/mol. The molecule has 8 heteroatoms. The fourth-order valence-electron chi connectivity index (χ4n) is 3.97. The van der Waals surface area contributed by atoms with Crippen molar-refractivity contribution in [1.82, 2.24) is 15.3 Å². The molecular formula is C18H17F2N5O. The van der Waals surface area contributed by atoms with Gasteiger partial charge in [-0.3, -0.25) is 4.98 Å². The minimum atomic E-state index is -0.961. The Morgan fingerprint density at radius 2 is 2.15 bits per heavy atom. The van der Waals surface area contributed by atoms with Crippen LogP contribution in [0.5, 0.6) is 5.75 Å². The van der Waals surface area contributed by atoms with Gasteiger partial charge in [0.15, 0.2) is 0 Å². The van der Waals surface area contributed by atoms with Crippen molar-refractivity contribution in [3.8, 4) is 23.1 Å². The molecule has 2 unspecified atom stereocenters. The summed E-state index contributed by atoms with van der Waals surface area (Å²) in [5.41, 5.74) is 0.180. The summed E-state index contributed by atoms with van der Waals surface area (Å²) in [6, 6.07) is 3.44. The first kappa shape index (κ1) is 16.7. The summed E-state index contributed by atoms with van der Waals surface area (Å²) in [5, 5.41) is 22.0. The second-order valence-electron chi connectivity index (χ2n) is 6.78. The van der Waals surface area contributed by atoms with Crippen LogP contribution in [-0.4, -0.2) is 46.9 Å². The number of phenols is 1. The van der Waals surface area contributed by atoms with Gasteiger partial charge in [0, 0.05) is 31.3 Å². The first-order valence-corrected chi connectivity index (χ1v) is 8.35. The first-order valence-electron chi connectivity index (χ1n) is 8.35. The Hall–Kier alpha value is -2.79. The SMILES string of the molecule is CN(c1cnc(-c2cc(F)c(C#N)cc2O)cn1)C1C2CN[C@@H](C2)[C@@H]1F. The molecule has 2 heterocycles. The Labute approximate surface area is 149 Å². The summed E-state index contributed by atoms with van der Waals surface area (Å²) in [7, 11) is 1.79. The molecule has 2 N–H and O–H groups in total. The molecule has 2 fully saturated rings. The monoisotopic (exact) mass is 357 g/mol. The number of hydrogen-bond donors (Lipinski definition) is 2. The molecule has 0 amide bonds. The molecule has 1 aromatic heterocycles. The van der Waals surface area contributed by atoms with E-state index in [0.717, 1.165) is 25.1 Å². The van der Waals surface area contributed by atoms with Crippen molar-refractivity contribution in [1.29, 1.82) is 5.26 Å². The van der Waals surface area contributed by atoms with Crippen LogP contribution in [-0.2, 0) is 0 Å². The lowest BCUT2D eigenvalue weighted by Crippen LogP contribution is -2.51. The van der Waals surface area contributed by atoms with Crippen LogP contribution in [0, 0.1) is 23.1 Å². The van der Waals surface area contributed by atoms with Gasteiger partial charge >= 0.3 is 0 Å². The predicted molar refractivity (Wildman–Crippen MR) is 90.8 cm³/mol. The number of halogens is 2. The van der Waals surface area contributed by atoms with E-state index in [1.54, 1.807) is 18.0 Å². The van der Waals surface area contributed by atoms with Gasteiger partial charge in [-0.25, -0.2) is 13.8 Å². The highest BCUT2D eigenvalue weighted by Crippen LogP contribution is 2.38. The van der Waals surface area contributed by atoms with Crippen molar-refractivity contribution < 1.29 is 13.9 Å². The number of fused-ring (bicyclic) bond motifs is 2. The molecule has 1 aliphatic carbocycles. The van der Waals surface area contributed by atoms with Gasteiger partial charge in [0.05, 0.1) is 29.7 Å². The number of benzene rings is 1. The van der Waals surface area contributed by atoms with Gasteiger partial charge in [-0.1, -0.05) is 0 Å². The standard InChI is InChI=1S/C18H17F2N5O/c1-25(18-10-2-13(17(18)20)22-6-10)16-8-23-14(7-24-16)11-4-12(19)9(5-21)3-15(11)26/h3-4,7-8,10,13,17-18,22,26H,2,6H2,1H3/t10?,13-,17-,18?/m0/s1. The average molecular weight is 357 g/mol. The topological polar surface area (TPSA) is 85.1 Å². The van der Waals surface area contributed by atoms with Gasteiger partial charge in [-0.15, -0.1) is 0 Å². The molecule has 4 rings (SSSR count). The lowest BCUT2D eigenvalue weighted by atomic mass is 10.0. The number of piperidine rings is 1. The van der Waals surface area contributed by atoms with E-state index in [1.807, 2.05) is 0 Å². The van der Waals surface area contributed by atoms with Crippen LogP contribution in [0.4, 0.5) is 14.6 Å². The zero-order valence-corrected chi connectivity index (χ0v) is 14.0. The maximum Gasteiger partial charge on any atom is 0.147 e. The molecule has 2 aliphatic rings. The van der Waals surface area contributed by atoms with Gasteiger partial charge in [0.2, 0.25) is 0 Å². The van der Waals surface area contributed by atoms with Crippen LogP contribution in [0.2, 0.25) is 0 Å². The number of alkyl halides is 1. The summed E-state index contributed by atoms with van der Waals surface area (Å²) in [4.78, 5) is 10.3. The molecule has 134 valence electrons. The Morgan fingerprint density at radius 3 is 2.77 bits per heavy atom.